The van der Waals surface area contributed by atoms with E-state index in [2.05, 4.69) is 27.5 Å². The van der Waals surface area contributed by atoms with E-state index in [1.165, 1.54) is 10.9 Å². The Balaban J connectivity index is 0.00000364. The van der Waals surface area contributed by atoms with Crippen molar-refractivity contribution in [2.24, 2.45) is 4.99 Å². The van der Waals surface area contributed by atoms with Gasteiger partial charge in [0.25, 0.3) is 0 Å². The van der Waals surface area contributed by atoms with Gasteiger partial charge in [-0.2, -0.15) is 0 Å². The summed E-state index contributed by atoms with van der Waals surface area (Å²) in [5, 5.41) is 7.59. The lowest BCUT2D eigenvalue weighted by atomic mass is 10.1. The minimum absolute atomic E-state index is 0. The smallest absolute Gasteiger partial charge is 0.191 e. The molecule has 0 saturated heterocycles. The molecule has 0 fully saturated rings. The maximum atomic E-state index is 13.9. The van der Waals surface area contributed by atoms with E-state index in [1.807, 2.05) is 38.9 Å². The molecule has 27 heavy (non-hydrogen) atoms. The van der Waals surface area contributed by atoms with E-state index in [0.717, 1.165) is 28.8 Å². The van der Waals surface area contributed by atoms with Crippen molar-refractivity contribution in [3.05, 3.63) is 50.7 Å². The fourth-order valence-corrected chi connectivity index (χ4v) is 3.35. The first kappa shape index (κ1) is 23.8. The average molecular weight is 505 g/mol. The Morgan fingerprint density at radius 3 is 2.59 bits per heavy atom. The molecule has 1 heterocycles. The molecular formula is C19H29FIN5S. The van der Waals surface area contributed by atoms with E-state index in [1.54, 1.807) is 17.4 Å². The fourth-order valence-electron chi connectivity index (χ4n) is 2.47. The summed E-state index contributed by atoms with van der Waals surface area (Å²) < 4.78 is 13.9. The van der Waals surface area contributed by atoms with E-state index < -0.39 is 0 Å². The largest absolute Gasteiger partial charge is 0.357 e. The first-order valence-electron chi connectivity index (χ1n) is 8.76. The van der Waals surface area contributed by atoms with Crippen molar-refractivity contribution in [1.82, 2.24) is 20.5 Å². The highest BCUT2D eigenvalue weighted by Crippen LogP contribution is 2.16. The van der Waals surface area contributed by atoms with Crippen LogP contribution in [0.25, 0.3) is 0 Å². The predicted octanol–water partition coefficient (Wildman–Crippen LogP) is 3.83. The third-order valence-corrected chi connectivity index (χ3v) is 4.91. The van der Waals surface area contributed by atoms with Crippen molar-refractivity contribution < 1.29 is 4.39 Å². The molecule has 1 aromatic carbocycles. The molecule has 0 saturated carbocycles. The average Bonchev–Trinajstić information content (AvgIpc) is 2.90. The molecule has 0 amide bonds. The number of guanidine groups is 1. The van der Waals surface area contributed by atoms with Crippen LogP contribution < -0.4 is 10.6 Å². The molecule has 2 aromatic rings. The lowest BCUT2D eigenvalue weighted by molar-refractivity contribution is 0.392. The molecule has 150 valence electrons. The zero-order chi connectivity index (χ0) is 19.1. The standard InChI is InChI=1S/C19H28FN5S.HI/c1-6-21-19(23-11-18-24-13(2)14(3)26-18)22-10-15-7-8-17(20)16(9-15)12-25(4)5;/h7-9H,6,10-12H2,1-5H3,(H2,21,22,23);1H. The SMILES string of the molecule is CCNC(=NCc1ccc(F)c(CN(C)C)c1)NCc1nc(C)c(C)s1.I. The van der Waals surface area contributed by atoms with Crippen LogP contribution in [0.5, 0.6) is 0 Å². The summed E-state index contributed by atoms with van der Waals surface area (Å²) in [6.45, 7) is 8.61. The van der Waals surface area contributed by atoms with Crippen molar-refractivity contribution in [1.29, 1.82) is 0 Å². The number of nitrogens with one attached hydrogen (secondary N) is 2. The van der Waals surface area contributed by atoms with Crippen molar-refractivity contribution in [3.8, 4) is 0 Å². The Labute approximate surface area is 182 Å². The number of aliphatic imine (C=N–C) groups is 1. The quantitative estimate of drug-likeness (QED) is 0.341. The Morgan fingerprint density at radius 1 is 1.26 bits per heavy atom. The molecule has 8 heteroatoms. The zero-order valence-corrected chi connectivity index (χ0v) is 19.7. The number of rotatable bonds is 7. The Bertz CT molecular complexity index is 741. The molecule has 2 N–H and O–H groups in total. The first-order chi connectivity index (χ1) is 12.4. The molecule has 0 aliphatic carbocycles. The topological polar surface area (TPSA) is 52.6 Å². The highest BCUT2D eigenvalue weighted by atomic mass is 127. The van der Waals surface area contributed by atoms with Crippen LogP contribution in [-0.4, -0.2) is 36.5 Å². The van der Waals surface area contributed by atoms with E-state index >= 15 is 0 Å². The summed E-state index contributed by atoms with van der Waals surface area (Å²) in [6.07, 6.45) is 0. The maximum Gasteiger partial charge on any atom is 0.191 e. The number of thiazole rings is 1. The molecular weight excluding hydrogens is 476 g/mol. The zero-order valence-electron chi connectivity index (χ0n) is 16.6. The second-order valence-corrected chi connectivity index (χ2v) is 7.75. The van der Waals surface area contributed by atoms with E-state index in [9.17, 15) is 4.39 Å². The number of nitrogens with zero attached hydrogens (tertiary/aromatic N) is 3. The summed E-state index contributed by atoms with van der Waals surface area (Å²) in [7, 11) is 3.86. The van der Waals surface area contributed by atoms with Crippen LogP contribution >= 0.6 is 35.3 Å². The van der Waals surface area contributed by atoms with Crippen molar-refractivity contribution in [3.63, 3.8) is 0 Å². The molecule has 5 nitrogen and oxygen atoms in total. The first-order valence-corrected chi connectivity index (χ1v) is 9.57. The van der Waals surface area contributed by atoms with Crippen LogP contribution in [0, 0.1) is 19.7 Å². The van der Waals surface area contributed by atoms with Crippen LogP contribution in [0.1, 0.15) is 33.6 Å². The molecule has 0 unspecified atom stereocenters. The third kappa shape index (κ3) is 7.71. The summed E-state index contributed by atoms with van der Waals surface area (Å²) in [5.41, 5.74) is 2.75. The van der Waals surface area contributed by atoms with Crippen LogP contribution in [0.15, 0.2) is 23.2 Å². The number of benzene rings is 1. The van der Waals surface area contributed by atoms with Gasteiger partial charge in [0.1, 0.15) is 10.8 Å². The summed E-state index contributed by atoms with van der Waals surface area (Å²) in [6, 6.07) is 5.19. The highest BCUT2D eigenvalue weighted by molar-refractivity contribution is 14.0. The van der Waals surface area contributed by atoms with Gasteiger partial charge in [0.15, 0.2) is 5.96 Å². The number of aromatic nitrogens is 1. The van der Waals surface area contributed by atoms with Gasteiger partial charge in [-0.15, -0.1) is 35.3 Å². The Kier molecular flexibility index (Phi) is 10.2. The predicted molar refractivity (Wildman–Crippen MR) is 122 cm³/mol. The second kappa shape index (κ2) is 11.6. The van der Waals surface area contributed by atoms with Gasteiger partial charge in [-0.1, -0.05) is 6.07 Å². The maximum absolute atomic E-state index is 13.9. The van der Waals surface area contributed by atoms with Gasteiger partial charge in [-0.25, -0.2) is 14.4 Å². The minimum atomic E-state index is -0.175. The van der Waals surface area contributed by atoms with Gasteiger partial charge in [-0.3, -0.25) is 0 Å². The molecule has 0 radical (unpaired) electrons. The number of hydrogen-bond acceptors (Lipinski definition) is 4. The monoisotopic (exact) mass is 505 g/mol. The lowest BCUT2D eigenvalue weighted by Gasteiger charge is -2.12. The summed E-state index contributed by atoms with van der Waals surface area (Å²) >= 11 is 1.70. The van der Waals surface area contributed by atoms with Crippen LogP contribution in [0.2, 0.25) is 0 Å². The second-order valence-electron chi connectivity index (χ2n) is 6.46. The summed E-state index contributed by atoms with van der Waals surface area (Å²) in [5.74, 6) is 0.558. The molecule has 0 aliphatic heterocycles. The Hall–Kier alpha value is -1.26. The van der Waals surface area contributed by atoms with Gasteiger partial charge in [0, 0.05) is 23.5 Å². The van der Waals surface area contributed by atoms with Gasteiger partial charge in [0.05, 0.1) is 18.8 Å². The summed E-state index contributed by atoms with van der Waals surface area (Å²) in [4.78, 5) is 12.3. The van der Waals surface area contributed by atoms with Crippen LogP contribution in [0.3, 0.4) is 0 Å². The van der Waals surface area contributed by atoms with Crippen molar-refractivity contribution in [2.75, 3.05) is 20.6 Å². The van der Waals surface area contributed by atoms with Gasteiger partial charge in [0.2, 0.25) is 0 Å². The number of aryl methyl sites for hydroxylation is 2. The normalized spacial score (nSPS) is 11.4. The molecule has 2 rings (SSSR count). The van der Waals surface area contributed by atoms with Crippen molar-refractivity contribution >= 4 is 41.3 Å². The fraction of sp³-hybridized carbons (Fsp3) is 0.474. The lowest BCUT2D eigenvalue weighted by Crippen LogP contribution is -2.36. The van der Waals surface area contributed by atoms with E-state index in [-0.39, 0.29) is 29.8 Å². The number of hydrogen-bond donors (Lipinski definition) is 2. The molecule has 1 aromatic heterocycles. The van der Waals surface area contributed by atoms with Gasteiger partial charge >= 0.3 is 0 Å². The molecule has 0 bridgehead atoms. The van der Waals surface area contributed by atoms with E-state index in [4.69, 9.17) is 0 Å². The van der Waals surface area contributed by atoms with Crippen LogP contribution in [0.4, 0.5) is 4.39 Å². The van der Waals surface area contributed by atoms with Gasteiger partial charge in [-0.05, 0) is 52.6 Å². The van der Waals surface area contributed by atoms with Crippen molar-refractivity contribution in [2.45, 2.75) is 40.4 Å². The molecule has 0 spiro atoms. The minimum Gasteiger partial charge on any atom is -0.357 e. The Morgan fingerprint density at radius 2 is 2.00 bits per heavy atom. The third-order valence-electron chi connectivity index (χ3n) is 3.84. The highest BCUT2D eigenvalue weighted by Gasteiger charge is 2.07. The van der Waals surface area contributed by atoms with Gasteiger partial charge < -0.3 is 15.5 Å². The molecule has 0 aliphatic rings. The van der Waals surface area contributed by atoms with Crippen LogP contribution in [-0.2, 0) is 19.6 Å². The number of halogens is 2. The molecule has 0 atom stereocenters. The van der Waals surface area contributed by atoms with E-state index in [0.29, 0.717) is 25.2 Å².